The Bertz CT molecular complexity index is 1100. The fourth-order valence-corrected chi connectivity index (χ4v) is 5.09. The van der Waals surface area contributed by atoms with Crippen LogP contribution in [0.5, 0.6) is 5.75 Å². The normalized spacial score (nSPS) is 16.6. The molecule has 0 spiro atoms. The molecule has 0 amide bonds. The van der Waals surface area contributed by atoms with Gasteiger partial charge in [0.15, 0.2) is 0 Å². The Balaban J connectivity index is 1.73. The van der Waals surface area contributed by atoms with Crippen LogP contribution in [0.3, 0.4) is 0 Å². The van der Waals surface area contributed by atoms with Crippen LogP contribution in [-0.2, 0) is 10.1 Å². The van der Waals surface area contributed by atoms with Gasteiger partial charge in [-0.1, -0.05) is 18.2 Å². The molecule has 1 saturated heterocycles. The highest BCUT2D eigenvalue weighted by Gasteiger charge is 2.24. The van der Waals surface area contributed by atoms with Crippen LogP contribution in [-0.4, -0.2) is 38.0 Å². The fraction of sp³-hybridized carbons (Fsp3) is 0.391. The standard InChI is InChI=1S/C23H28N2O3S/c1-17(2)25-16-22(18-11-13-24(3)14-12-18)21-15-19(9-10-23(21)25)28-29(26,27)20-7-5-4-6-8-20/h4-10,15-18H,11-14H2,1-3H3. The molecular formula is C23H28N2O3S. The topological polar surface area (TPSA) is 51.5 Å². The van der Waals surface area contributed by atoms with Gasteiger partial charge in [0.25, 0.3) is 0 Å². The molecule has 1 aliphatic rings. The van der Waals surface area contributed by atoms with E-state index in [-0.39, 0.29) is 4.90 Å². The molecule has 0 N–H and O–H groups in total. The molecule has 3 aromatic rings. The van der Waals surface area contributed by atoms with E-state index in [1.165, 1.54) is 5.56 Å². The maximum absolute atomic E-state index is 12.6. The van der Waals surface area contributed by atoms with Crippen molar-refractivity contribution >= 4 is 21.0 Å². The van der Waals surface area contributed by atoms with Gasteiger partial charge >= 0.3 is 10.1 Å². The van der Waals surface area contributed by atoms with Crippen LogP contribution >= 0.6 is 0 Å². The van der Waals surface area contributed by atoms with E-state index >= 15 is 0 Å². The Hall–Kier alpha value is -2.31. The van der Waals surface area contributed by atoms with E-state index in [1.54, 1.807) is 36.4 Å². The molecule has 1 aliphatic heterocycles. The van der Waals surface area contributed by atoms with Crippen molar-refractivity contribution in [3.63, 3.8) is 0 Å². The number of nitrogens with zero attached hydrogens (tertiary/aromatic N) is 2. The van der Waals surface area contributed by atoms with Crippen LogP contribution in [0, 0.1) is 0 Å². The number of hydrogen-bond donors (Lipinski definition) is 0. The van der Waals surface area contributed by atoms with Crippen molar-refractivity contribution < 1.29 is 12.6 Å². The molecule has 5 nitrogen and oxygen atoms in total. The third kappa shape index (κ3) is 4.05. The van der Waals surface area contributed by atoms with Crippen molar-refractivity contribution in [2.75, 3.05) is 20.1 Å². The monoisotopic (exact) mass is 412 g/mol. The molecule has 2 aromatic carbocycles. The highest BCUT2D eigenvalue weighted by atomic mass is 32.2. The molecule has 0 saturated carbocycles. The van der Waals surface area contributed by atoms with E-state index in [0.717, 1.165) is 36.8 Å². The fourth-order valence-electron chi connectivity index (χ4n) is 4.15. The van der Waals surface area contributed by atoms with Crippen molar-refractivity contribution in [3.8, 4) is 5.75 Å². The first-order chi connectivity index (χ1) is 13.8. The molecular weight excluding hydrogens is 384 g/mol. The van der Waals surface area contributed by atoms with Crippen molar-refractivity contribution in [2.24, 2.45) is 0 Å². The summed E-state index contributed by atoms with van der Waals surface area (Å²) in [6, 6.07) is 14.2. The summed E-state index contributed by atoms with van der Waals surface area (Å²) in [5.74, 6) is 0.840. The van der Waals surface area contributed by atoms with Crippen LogP contribution in [0.4, 0.5) is 0 Å². The lowest BCUT2D eigenvalue weighted by atomic mass is 9.89. The summed E-state index contributed by atoms with van der Waals surface area (Å²) in [7, 11) is -1.69. The molecule has 0 atom stereocenters. The van der Waals surface area contributed by atoms with E-state index in [4.69, 9.17) is 4.18 Å². The molecule has 29 heavy (non-hydrogen) atoms. The van der Waals surface area contributed by atoms with Crippen LogP contribution in [0.1, 0.15) is 44.2 Å². The lowest BCUT2D eigenvalue weighted by Gasteiger charge is -2.28. The van der Waals surface area contributed by atoms with Gasteiger partial charge in [-0.05, 0) is 88.6 Å². The molecule has 0 radical (unpaired) electrons. The Morgan fingerprint density at radius 1 is 1.03 bits per heavy atom. The molecule has 6 heteroatoms. The number of benzene rings is 2. The minimum absolute atomic E-state index is 0.162. The van der Waals surface area contributed by atoms with Gasteiger partial charge in [-0.25, -0.2) is 0 Å². The minimum atomic E-state index is -3.85. The van der Waals surface area contributed by atoms with Gasteiger partial charge in [-0.3, -0.25) is 0 Å². The largest absolute Gasteiger partial charge is 0.379 e. The SMILES string of the molecule is CC(C)n1cc(C2CCN(C)CC2)c2cc(OS(=O)(=O)c3ccccc3)ccc21. The summed E-state index contributed by atoms with van der Waals surface area (Å²) in [6.45, 7) is 6.50. The van der Waals surface area contributed by atoms with Gasteiger partial charge in [0.05, 0.1) is 0 Å². The maximum Gasteiger partial charge on any atom is 0.339 e. The van der Waals surface area contributed by atoms with Crippen LogP contribution in [0.15, 0.2) is 59.6 Å². The van der Waals surface area contributed by atoms with Crippen LogP contribution in [0.25, 0.3) is 10.9 Å². The lowest BCUT2D eigenvalue weighted by Crippen LogP contribution is -2.29. The third-order valence-electron chi connectivity index (χ3n) is 5.79. The molecule has 4 rings (SSSR count). The number of aromatic nitrogens is 1. The first-order valence-electron chi connectivity index (χ1n) is 10.2. The zero-order valence-corrected chi connectivity index (χ0v) is 18.0. The van der Waals surface area contributed by atoms with Crippen LogP contribution in [0.2, 0.25) is 0 Å². The molecule has 1 aromatic heterocycles. The highest BCUT2D eigenvalue weighted by molar-refractivity contribution is 7.87. The second kappa shape index (κ2) is 7.84. The Morgan fingerprint density at radius 2 is 1.72 bits per heavy atom. The summed E-state index contributed by atoms with van der Waals surface area (Å²) < 4.78 is 33.0. The Kier molecular flexibility index (Phi) is 5.40. The molecule has 0 unspecified atom stereocenters. The zero-order valence-electron chi connectivity index (χ0n) is 17.2. The maximum atomic E-state index is 12.6. The highest BCUT2D eigenvalue weighted by Crippen LogP contribution is 2.37. The number of hydrogen-bond acceptors (Lipinski definition) is 4. The summed E-state index contributed by atoms with van der Waals surface area (Å²) in [5.41, 5.74) is 2.42. The number of piperidine rings is 1. The number of fused-ring (bicyclic) bond motifs is 1. The van der Waals surface area contributed by atoms with Gasteiger partial charge in [-0.15, -0.1) is 0 Å². The predicted molar refractivity (Wildman–Crippen MR) is 116 cm³/mol. The smallest absolute Gasteiger partial charge is 0.339 e. The molecule has 154 valence electrons. The van der Waals surface area contributed by atoms with Crippen molar-refractivity contribution in [2.45, 2.75) is 43.5 Å². The average molecular weight is 413 g/mol. The van der Waals surface area contributed by atoms with Crippen molar-refractivity contribution in [3.05, 3.63) is 60.3 Å². The zero-order chi connectivity index (χ0) is 20.6. The van der Waals surface area contributed by atoms with Crippen LogP contribution < -0.4 is 4.18 Å². The summed E-state index contributed by atoms with van der Waals surface area (Å²) >= 11 is 0. The molecule has 0 aliphatic carbocycles. The molecule has 1 fully saturated rings. The van der Waals surface area contributed by atoms with Gasteiger partial charge < -0.3 is 13.7 Å². The molecule has 0 bridgehead atoms. The molecule has 2 heterocycles. The van der Waals surface area contributed by atoms with E-state index in [0.29, 0.717) is 17.7 Å². The van der Waals surface area contributed by atoms with Gasteiger partial charge in [0.1, 0.15) is 10.6 Å². The van der Waals surface area contributed by atoms with Gasteiger partial charge in [-0.2, -0.15) is 8.42 Å². The second-order valence-electron chi connectivity index (χ2n) is 8.19. The quantitative estimate of drug-likeness (QED) is 0.565. The predicted octanol–water partition coefficient (Wildman–Crippen LogP) is 4.80. The number of rotatable bonds is 5. The summed E-state index contributed by atoms with van der Waals surface area (Å²) in [4.78, 5) is 2.52. The van der Waals surface area contributed by atoms with E-state index < -0.39 is 10.1 Å². The van der Waals surface area contributed by atoms with Crippen molar-refractivity contribution in [1.82, 2.24) is 9.47 Å². The van der Waals surface area contributed by atoms with Gasteiger partial charge in [0.2, 0.25) is 0 Å². The second-order valence-corrected chi connectivity index (χ2v) is 9.74. The lowest BCUT2D eigenvalue weighted by molar-refractivity contribution is 0.256. The Morgan fingerprint density at radius 3 is 2.38 bits per heavy atom. The first-order valence-corrected chi connectivity index (χ1v) is 11.6. The summed E-state index contributed by atoms with van der Waals surface area (Å²) in [5, 5.41) is 1.09. The first kappa shape index (κ1) is 20.0. The third-order valence-corrected chi connectivity index (χ3v) is 7.05. The van der Waals surface area contributed by atoms with E-state index in [2.05, 4.69) is 36.6 Å². The minimum Gasteiger partial charge on any atom is -0.379 e. The van der Waals surface area contributed by atoms with Gasteiger partial charge in [0, 0.05) is 23.1 Å². The van der Waals surface area contributed by atoms with Crippen molar-refractivity contribution in [1.29, 1.82) is 0 Å². The number of likely N-dealkylation sites (tertiary alicyclic amines) is 1. The van der Waals surface area contributed by atoms with E-state index in [1.807, 2.05) is 12.1 Å². The average Bonchev–Trinajstić information content (AvgIpc) is 3.08. The Labute approximate surface area is 173 Å². The van der Waals surface area contributed by atoms with E-state index in [9.17, 15) is 8.42 Å². The summed E-state index contributed by atoms with van der Waals surface area (Å²) in [6.07, 6.45) is 4.48.